The molecule has 0 spiro atoms. The molecule has 0 fully saturated rings. The summed E-state index contributed by atoms with van der Waals surface area (Å²) in [4.78, 5) is 30.3. The van der Waals surface area contributed by atoms with Crippen LogP contribution in [0.3, 0.4) is 0 Å². The molecule has 0 aromatic heterocycles. The van der Waals surface area contributed by atoms with E-state index in [1.807, 2.05) is 20.8 Å². The summed E-state index contributed by atoms with van der Waals surface area (Å²) in [5.41, 5.74) is 12.1. The van der Waals surface area contributed by atoms with Crippen molar-refractivity contribution in [3.63, 3.8) is 0 Å². The second kappa shape index (κ2) is 8.84. The van der Waals surface area contributed by atoms with Gasteiger partial charge in [-0.2, -0.15) is 0 Å². The van der Waals surface area contributed by atoms with E-state index in [2.05, 4.69) is 4.99 Å². The minimum Gasteiger partial charge on any atom is -0.423 e. The molecule has 0 atom stereocenters. The van der Waals surface area contributed by atoms with Crippen LogP contribution in [-0.4, -0.2) is 35.3 Å². The summed E-state index contributed by atoms with van der Waals surface area (Å²) in [6, 6.07) is 13.0. The Morgan fingerprint density at radius 1 is 1.00 bits per heavy atom. The fraction of sp³-hybridized carbons (Fsp3) is 0.250. The third-order valence-electron chi connectivity index (χ3n) is 3.90. The molecular weight excluding hydrogens is 344 g/mol. The highest BCUT2D eigenvalue weighted by molar-refractivity contribution is 5.95. The third-order valence-corrected chi connectivity index (χ3v) is 3.90. The van der Waals surface area contributed by atoms with Gasteiger partial charge in [0.1, 0.15) is 5.75 Å². The summed E-state index contributed by atoms with van der Waals surface area (Å²) in [6.07, 6.45) is 0. The molecule has 0 saturated heterocycles. The monoisotopic (exact) mass is 368 g/mol. The van der Waals surface area contributed by atoms with Crippen LogP contribution in [0.15, 0.2) is 53.5 Å². The number of benzene rings is 2. The zero-order chi connectivity index (χ0) is 20.0. The van der Waals surface area contributed by atoms with Gasteiger partial charge in [-0.15, -0.1) is 0 Å². The van der Waals surface area contributed by atoms with Gasteiger partial charge >= 0.3 is 5.97 Å². The molecule has 27 heavy (non-hydrogen) atoms. The van der Waals surface area contributed by atoms with E-state index in [-0.39, 0.29) is 17.9 Å². The fourth-order valence-corrected chi connectivity index (χ4v) is 2.56. The smallest absolute Gasteiger partial charge is 0.343 e. The van der Waals surface area contributed by atoms with Crippen molar-refractivity contribution < 1.29 is 14.3 Å². The Bertz CT molecular complexity index is 823. The van der Waals surface area contributed by atoms with Crippen molar-refractivity contribution in [3.05, 3.63) is 59.7 Å². The van der Waals surface area contributed by atoms with Crippen LogP contribution in [0.1, 0.15) is 41.5 Å². The van der Waals surface area contributed by atoms with Gasteiger partial charge in [0.2, 0.25) is 0 Å². The number of nitrogens with two attached hydrogens (primary N) is 2. The van der Waals surface area contributed by atoms with Crippen molar-refractivity contribution in [2.24, 2.45) is 16.5 Å². The van der Waals surface area contributed by atoms with Crippen molar-refractivity contribution in [2.75, 3.05) is 6.54 Å². The highest BCUT2D eigenvalue weighted by Gasteiger charge is 2.17. The first-order chi connectivity index (χ1) is 12.8. The standard InChI is InChI=1S/C20H24N4O3/c1-4-24(13(2)3)18(25)14-7-11-17(12-8-14)27-19(26)15-5-9-16(10-6-15)23-20(21)22/h5-13H,4H2,1-3H3,(H4,21,22,23). The number of amides is 1. The van der Waals surface area contributed by atoms with E-state index >= 15 is 0 Å². The maximum absolute atomic E-state index is 12.5. The van der Waals surface area contributed by atoms with Crippen LogP contribution >= 0.6 is 0 Å². The van der Waals surface area contributed by atoms with E-state index in [0.29, 0.717) is 29.1 Å². The highest BCUT2D eigenvalue weighted by atomic mass is 16.5. The number of guanidine groups is 1. The molecule has 2 rings (SSSR count). The van der Waals surface area contributed by atoms with Crippen LogP contribution in [0.2, 0.25) is 0 Å². The Morgan fingerprint density at radius 2 is 1.56 bits per heavy atom. The van der Waals surface area contributed by atoms with E-state index in [4.69, 9.17) is 16.2 Å². The SMILES string of the molecule is CCN(C(=O)c1ccc(OC(=O)c2ccc(N=C(N)N)cc2)cc1)C(C)C. The van der Waals surface area contributed by atoms with Gasteiger partial charge in [-0.1, -0.05) is 0 Å². The second-order valence-corrected chi connectivity index (χ2v) is 6.18. The van der Waals surface area contributed by atoms with Crippen LogP contribution in [0, 0.1) is 0 Å². The Hall–Kier alpha value is -3.35. The first kappa shape index (κ1) is 20.0. The average Bonchev–Trinajstić information content (AvgIpc) is 2.62. The predicted octanol–water partition coefficient (Wildman–Crippen LogP) is 2.68. The van der Waals surface area contributed by atoms with E-state index in [1.165, 1.54) is 0 Å². The molecule has 1 amide bonds. The fourth-order valence-electron chi connectivity index (χ4n) is 2.56. The summed E-state index contributed by atoms with van der Waals surface area (Å²) in [5, 5.41) is 0. The molecule has 4 N–H and O–H groups in total. The normalized spacial score (nSPS) is 10.4. The largest absolute Gasteiger partial charge is 0.423 e. The summed E-state index contributed by atoms with van der Waals surface area (Å²) in [7, 11) is 0. The number of carbonyl (C=O) groups excluding carboxylic acids is 2. The number of ether oxygens (including phenoxy) is 1. The lowest BCUT2D eigenvalue weighted by molar-refractivity contribution is 0.0716. The lowest BCUT2D eigenvalue weighted by atomic mass is 10.1. The van der Waals surface area contributed by atoms with Crippen molar-refractivity contribution in [2.45, 2.75) is 26.8 Å². The third kappa shape index (κ3) is 5.31. The summed E-state index contributed by atoms with van der Waals surface area (Å²) in [6.45, 7) is 6.50. The van der Waals surface area contributed by atoms with Crippen molar-refractivity contribution in [1.29, 1.82) is 0 Å². The molecule has 0 unspecified atom stereocenters. The minimum absolute atomic E-state index is 0.0549. The van der Waals surface area contributed by atoms with Gasteiger partial charge in [0.15, 0.2) is 5.96 Å². The lowest BCUT2D eigenvalue weighted by Gasteiger charge is -2.25. The van der Waals surface area contributed by atoms with Gasteiger partial charge in [-0.25, -0.2) is 9.79 Å². The van der Waals surface area contributed by atoms with Crippen LogP contribution in [0.4, 0.5) is 5.69 Å². The Balaban J connectivity index is 2.06. The topological polar surface area (TPSA) is 111 Å². The maximum atomic E-state index is 12.5. The lowest BCUT2D eigenvalue weighted by Crippen LogP contribution is -2.36. The maximum Gasteiger partial charge on any atom is 0.343 e. The van der Waals surface area contributed by atoms with Gasteiger partial charge < -0.3 is 21.1 Å². The Labute approximate surface area is 158 Å². The molecule has 0 aliphatic heterocycles. The molecule has 142 valence electrons. The molecule has 2 aromatic carbocycles. The van der Waals surface area contributed by atoms with E-state index < -0.39 is 5.97 Å². The first-order valence-corrected chi connectivity index (χ1v) is 8.64. The summed E-state index contributed by atoms with van der Waals surface area (Å²) in [5.74, 6) is -0.264. The molecule has 0 heterocycles. The number of hydrogen-bond acceptors (Lipinski definition) is 4. The van der Waals surface area contributed by atoms with Gasteiger partial charge in [0.25, 0.3) is 5.91 Å². The van der Waals surface area contributed by atoms with Crippen molar-refractivity contribution in [3.8, 4) is 5.75 Å². The highest BCUT2D eigenvalue weighted by Crippen LogP contribution is 2.18. The quantitative estimate of drug-likeness (QED) is 0.352. The van der Waals surface area contributed by atoms with E-state index in [0.717, 1.165) is 0 Å². The van der Waals surface area contributed by atoms with Crippen LogP contribution in [-0.2, 0) is 0 Å². The Kier molecular flexibility index (Phi) is 6.54. The molecule has 7 heteroatoms. The number of aliphatic imine (C=N–C) groups is 1. The minimum atomic E-state index is -0.511. The van der Waals surface area contributed by atoms with Gasteiger partial charge in [0, 0.05) is 18.2 Å². The predicted molar refractivity (Wildman–Crippen MR) is 105 cm³/mol. The molecule has 0 bridgehead atoms. The number of rotatable bonds is 6. The van der Waals surface area contributed by atoms with Crippen molar-refractivity contribution >= 4 is 23.5 Å². The van der Waals surface area contributed by atoms with Gasteiger partial charge in [-0.05, 0) is 69.3 Å². The van der Waals surface area contributed by atoms with Crippen molar-refractivity contribution in [1.82, 2.24) is 4.90 Å². The number of carbonyl (C=O) groups is 2. The molecular formula is C20H24N4O3. The molecule has 2 aromatic rings. The molecule has 0 radical (unpaired) electrons. The zero-order valence-corrected chi connectivity index (χ0v) is 15.7. The second-order valence-electron chi connectivity index (χ2n) is 6.18. The molecule has 7 nitrogen and oxygen atoms in total. The average molecular weight is 368 g/mol. The van der Waals surface area contributed by atoms with Crippen LogP contribution in [0.5, 0.6) is 5.75 Å². The number of esters is 1. The molecule has 0 aliphatic rings. The molecule has 0 saturated carbocycles. The van der Waals surface area contributed by atoms with E-state index in [1.54, 1.807) is 53.4 Å². The summed E-state index contributed by atoms with van der Waals surface area (Å²) < 4.78 is 5.34. The van der Waals surface area contributed by atoms with Gasteiger partial charge in [0.05, 0.1) is 11.3 Å². The number of nitrogens with zero attached hydrogens (tertiary/aromatic N) is 2. The molecule has 0 aliphatic carbocycles. The van der Waals surface area contributed by atoms with Crippen LogP contribution < -0.4 is 16.2 Å². The van der Waals surface area contributed by atoms with Gasteiger partial charge in [-0.3, -0.25) is 4.79 Å². The first-order valence-electron chi connectivity index (χ1n) is 8.64. The van der Waals surface area contributed by atoms with Crippen LogP contribution in [0.25, 0.3) is 0 Å². The Morgan fingerprint density at radius 3 is 2.04 bits per heavy atom. The van der Waals surface area contributed by atoms with E-state index in [9.17, 15) is 9.59 Å². The summed E-state index contributed by atoms with van der Waals surface area (Å²) >= 11 is 0. The zero-order valence-electron chi connectivity index (χ0n) is 15.7. The number of hydrogen-bond donors (Lipinski definition) is 2.